The molecule has 0 unspecified atom stereocenters. The molecule has 0 aromatic heterocycles. The van der Waals surface area contributed by atoms with Gasteiger partial charge in [0.2, 0.25) is 0 Å². The van der Waals surface area contributed by atoms with Crippen molar-refractivity contribution in [2.24, 2.45) is 0 Å². The summed E-state index contributed by atoms with van der Waals surface area (Å²) in [6.07, 6.45) is 1.16. The Kier molecular flexibility index (Phi) is 5.19. The molecule has 0 fully saturated rings. The van der Waals surface area contributed by atoms with Crippen molar-refractivity contribution < 1.29 is 4.74 Å². The second kappa shape index (κ2) is 6.46. The first-order valence-electron chi connectivity index (χ1n) is 5.71. The highest BCUT2D eigenvalue weighted by molar-refractivity contribution is 5.28. The van der Waals surface area contributed by atoms with Crippen LogP contribution in [0.5, 0.6) is 5.75 Å². The smallest absolute Gasteiger partial charge is 0.119 e. The van der Waals surface area contributed by atoms with Crippen LogP contribution >= 0.6 is 0 Å². The quantitative estimate of drug-likeness (QED) is 0.774. The van der Waals surface area contributed by atoms with Crippen LogP contribution in [0.1, 0.15) is 32.8 Å². The standard InChI is InChI=1S/C13H21NO/c1-4-11(3)14-10-12-7-6-8-13(9-12)15-5-2/h6-9,11,14H,4-5,10H2,1-3H3/t11-/m1/s1. The van der Waals surface area contributed by atoms with Crippen molar-refractivity contribution in [2.75, 3.05) is 6.61 Å². The minimum Gasteiger partial charge on any atom is -0.494 e. The molecule has 1 aromatic carbocycles. The van der Waals surface area contributed by atoms with Crippen molar-refractivity contribution in [1.82, 2.24) is 5.32 Å². The van der Waals surface area contributed by atoms with E-state index in [2.05, 4.69) is 31.3 Å². The second-order valence-electron chi connectivity index (χ2n) is 3.77. The molecule has 1 N–H and O–H groups in total. The van der Waals surface area contributed by atoms with Crippen molar-refractivity contribution in [3.05, 3.63) is 29.8 Å². The lowest BCUT2D eigenvalue weighted by Crippen LogP contribution is -2.24. The molecule has 0 heterocycles. The van der Waals surface area contributed by atoms with E-state index in [0.29, 0.717) is 6.04 Å². The van der Waals surface area contributed by atoms with Crippen LogP contribution in [0.25, 0.3) is 0 Å². The Labute approximate surface area is 92.6 Å². The maximum atomic E-state index is 5.45. The number of rotatable bonds is 6. The lowest BCUT2D eigenvalue weighted by Gasteiger charge is -2.12. The SMILES string of the molecule is CCOc1cccc(CN[C@H](C)CC)c1. The van der Waals surface area contributed by atoms with Gasteiger partial charge in [-0.25, -0.2) is 0 Å². The number of hydrogen-bond acceptors (Lipinski definition) is 2. The molecule has 0 bridgehead atoms. The molecule has 0 radical (unpaired) electrons. The Morgan fingerprint density at radius 2 is 2.13 bits per heavy atom. The molecule has 84 valence electrons. The molecule has 0 aliphatic rings. The van der Waals surface area contributed by atoms with Gasteiger partial charge in [0, 0.05) is 12.6 Å². The van der Waals surface area contributed by atoms with Gasteiger partial charge in [-0.3, -0.25) is 0 Å². The lowest BCUT2D eigenvalue weighted by atomic mass is 10.2. The van der Waals surface area contributed by atoms with E-state index >= 15 is 0 Å². The van der Waals surface area contributed by atoms with E-state index < -0.39 is 0 Å². The molecule has 0 saturated carbocycles. The fourth-order valence-corrected chi connectivity index (χ4v) is 1.35. The normalized spacial score (nSPS) is 12.5. The largest absolute Gasteiger partial charge is 0.494 e. The zero-order valence-corrected chi connectivity index (χ0v) is 9.92. The highest BCUT2D eigenvalue weighted by Crippen LogP contribution is 2.13. The van der Waals surface area contributed by atoms with Crippen molar-refractivity contribution in [3.8, 4) is 5.75 Å². The summed E-state index contributed by atoms with van der Waals surface area (Å²) in [6.45, 7) is 8.03. The molecule has 0 aliphatic heterocycles. The molecule has 1 rings (SSSR count). The van der Waals surface area contributed by atoms with Crippen LogP contribution < -0.4 is 10.1 Å². The van der Waals surface area contributed by atoms with Crippen molar-refractivity contribution in [2.45, 2.75) is 39.8 Å². The minimum atomic E-state index is 0.570. The third kappa shape index (κ3) is 4.34. The van der Waals surface area contributed by atoms with Gasteiger partial charge < -0.3 is 10.1 Å². The van der Waals surface area contributed by atoms with Crippen LogP contribution in [0.2, 0.25) is 0 Å². The average molecular weight is 207 g/mol. The van der Waals surface area contributed by atoms with Crippen molar-refractivity contribution in [1.29, 1.82) is 0 Å². The number of ether oxygens (including phenoxy) is 1. The van der Waals surface area contributed by atoms with Gasteiger partial charge in [0.1, 0.15) is 5.75 Å². The van der Waals surface area contributed by atoms with Crippen LogP contribution in [-0.4, -0.2) is 12.6 Å². The molecular weight excluding hydrogens is 186 g/mol. The van der Waals surface area contributed by atoms with Crippen LogP contribution in [0.4, 0.5) is 0 Å². The monoisotopic (exact) mass is 207 g/mol. The van der Waals surface area contributed by atoms with Gasteiger partial charge in [0.05, 0.1) is 6.61 Å². The van der Waals surface area contributed by atoms with E-state index in [1.807, 2.05) is 19.1 Å². The van der Waals surface area contributed by atoms with Gasteiger partial charge in [-0.2, -0.15) is 0 Å². The summed E-state index contributed by atoms with van der Waals surface area (Å²) in [5.74, 6) is 0.959. The predicted molar refractivity (Wildman–Crippen MR) is 64.2 cm³/mol. The van der Waals surface area contributed by atoms with Gasteiger partial charge in [-0.15, -0.1) is 0 Å². The van der Waals surface area contributed by atoms with Gasteiger partial charge in [0.15, 0.2) is 0 Å². The lowest BCUT2D eigenvalue weighted by molar-refractivity contribution is 0.339. The zero-order chi connectivity index (χ0) is 11.1. The summed E-state index contributed by atoms with van der Waals surface area (Å²) in [7, 11) is 0. The molecular formula is C13H21NO. The summed E-state index contributed by atoms with van der Waals surface area (Å²) in [6, 6.07) is 8.83. The Hall–Kier alpha value is -1.02. The Morgan fingerprint density at radius 3 is 2.80 bits per heavy atom. The molecule has 2 heteroatoms. The van der Waals surface area contributed by atoms with Gasteiger partial charge in [-0.05, 0) is 38.0 Å². The van der Waals surface area contributed by atoms with Crippen LogP contribution in [-0.2, 0) is 6.54 Å². The van der Waals surface area contributed by atoms with Gasteiger partial charge in [-0.1, -0.05) is 19.1 Å². The molecule has 2 nitrogen and oxygen atoms in total. The van der Waals surface area contributed by atoms with E-state index in [1.165, 1.54) is 5.56 Å². The summed E-state index contributed by atoms with van der Waals surface area (Å²) in [4.78, 5) is 0. The summed E-state index contributed by atoms with van der Waals surface area (Å²) in [5, 5.41) is 3.46. The Balaban J connectivity index is 2.50. The number of benzene rings is 1. The highest BCUT2D eigenvalue weighted by atomic mass is 16.5. The molecule has 15 heavy (non-hydrogen) atoms. The molecule has 0 aliphatic carbocycles. The summed E-state index contributed by atoms with van der Waals surface area (Å²) >= 11 is 0. The van der Waals surface area contributed by atoms with E-state index in [0.717, 1.165) is 25.3 Å². The minimum absolute atomic E-state index is 0.570. The van der Waals surface area contributed by atoms with E-state index in [-0.39, 0.29) is 0 Å². The highest BCUT2D eigenvalue weighted by Gasteiger charge is 1.99. The van der Waals surface area contributed by atoms with Gasteiger partial charge >= 0.3 is 0 Å². The van der Waals surface area contributed by atoms with Crippen LogP contribution in [0.3, 0.4) is 0 Å². The zero-order valence-electron chi connectivity index (χ0n) is 9.92. The molecule has 1 aromatic rings. The van der Waals surface area contributed by atoms with E-state index in [4.69, 9.17) is 4.74 Å². The Bertz CT molecular complexity index is 286. The second-order valence-corrected chi connectivity index (χ2v) is 3.77. The summed E-state index contributed by atoms with van der Waals surface area (Å²) in [5.41, 5.74) is 1.28. The first-order chi connectivity index (χ1) is 7.26. The maximum absolute atomic E-state index is 5.45. The molecule has 0 saturated heterocycles. The molecule has 1 atom stereocenters. The first-order valence-corrected chi connectivity index (χ1v) is 5.71. The third-order valence-corrected chi connectivity index (χ3v) is 2.48. The molecule has 0 spiro atoms. The van der Waals surface area contributed by atoms with E-state index in [9.17, 15) is 0 Å². The maximum Gasteiger partial charge on any atom is 0.119 e. The first kappa shape index (κ1) is 12.1. The topological polar surface area (TPSA) is 21.3 Å². The third-order valence-electron chi connectivity index (χ3n) is 2.48. The number of hydrogen-bond donors (Lipinski definition) is 1. The fraction of sp³-hybridized carbons (Fsp3) is 0.538. The van der Waals surface area contributed by atoms with E-state index in [1.54, 1.807) is 0 Å². The van der Waals surface area contributed by atoms with Crippen molar-refractivity contribution >= 4 is 0 Å². The van der Waals surface area contributed by atoms with Gasteiger partial charge in [0.25, 0.3) is 0 Å². The van der Waals surface area contributed by atoms with Crippen LogP contribution in [0.15, 0.2) is 24.3 Å². The van der Waals surface area contributed by atoms with Crippen molar-refractivity contribution in [3.63, 3.8) is 0 Å². The van der Waals surface area contributed by atoms with Crippen LogP contribution in [0, 0.1) is 0 Å². The predicted octanol–water partition coefficient (Wildman–Crippen LogP) is 2.97. The summed E-state index contributed by atoms with van der Waals surface area (Å²) < 4.78 is 5.45. The average Bonchev–Trinajstić information content (AvgIpc) is 2.27. The number of nitrogens with one attached hydrogen (secondary N) is 1. The Morgan fingerprint density at radius 1 is 1.33 bits per heavy atom. The fourth-order valence-electron chi connectivity index (χ4n) is 1.35. The molecule has 0 amide bonds.